The number of rotatable bonds is 5. The minimum atomic E-state index is -0.256. The van der Waals surface area contributed by atoms with Crippen LogP contribution in [0.5, 0.6) is 0 Å². The topological polar surface area (TPSA) is 71.8 Å². The molecule has 4 aromatic rings. The smallest absolute Gasteiger partial charge is 0.257 e. The molecule has 2 aromatic heterocycles. The second kappa shape index (κ2) is 7.84. The van der Waals surface area contributed by atoms with Gasteiger partial charge in [0.05, 0.1) is 17.7 Å². The highest BCUT2D eigenvalue weighted by atomic mass is 32.2. The lowest BCUT2D eigenvalue weighted by molar-refractivity contribution is -0.130. The van der Waals surface area contributed by atoms with Crippen molar-refractivity contribution in [2.24, 2.45) is 5.10 Å². The molecule has 2 aromatic carbocycles. The predicted molar refractivity (Wildman–Crippen MR) is 115 cm³/mol. The number of aromatic nitrogens is 1. The van der Waals surface area contributed by atoms with Gasteiger partial charge in [-0.1, -0.05) is 53.7 Å². The Morgan fingerprint density at radius 2 is 1.97 bits per heavy atom. The van der Waals surface area contributed by atoms with Crippen LogP contribution in [0.25, 0.3) is 11.1 Å². The first-order valence-corrected chi connectivity index (χ1v) is 10.6. The fourth-order valence-corrected chi connectivity index (χ4v) is 4.16. The molecular weight excluding hydrogens is 398 g/mol. The molecule has 150 valence electrons. The number of nitrogens with zero attached hydrogens (tertiary/aromatic N) is 3. The second-order valence-corrected chi connectivity index (χ2v) is 8.05. The van der Waals surface area contributed by atoms with Crippen LogP contribution in [0.3, 0.4) is 0 Å². The van der Waals surface area contributed by atoms with E-state index in [2.05, 4.69) is 10.1 Å². The van der Waals surface area contributed by atoms with Gasteiger partial charge in [-0.3, -0.25) is 4.79 Å². The lowest BCUT2D eigenvalue weighted by atomic mass is 10.0. The van der Waals surface area contributed by atoms with Crippen LogP contribution >= 0.6 is 11.8 Å². The number of hydrazone groups is 1. The summed E-state index contributed by atoms with van der Waals surface area (Å²) >= 11 is 1.27. The standard InChI is InChI=1S/C23H19N3O3S/c1-15-8-10-16(11-9-15)18-13-19(21-7-4-12-28-21)26(25-18)22(27)14-30-23-24-17-5-2-3-6-20(17)29-23/h2-12,19H,13-14H2,1H3/t19-/m0/s1. The molecule has 30 heavy (non-hydrogen) atoms. The molecule has 7 heteroatoms. The van der Waals surface area contributed by atoms with Gasteiger partial charge in [-0.2, -0.15) is 5.10 Å². The van der Waals surface area contributed by atoms with Crippen LogP contribution < -0.4 is 0 Å². The number of oxazole rings is 1. The molecule has 0 spiro atoms. The van der Waals surface area contributed by atoms with Crippen LogP contribution in [-0.2, 0) is 4.79 Å². The van der Waals surface area contributed by atoms with E-state index in [1.807, 2.05) is 67.6 Å². The van der Waals surface area contributed by atoms with Crippen LogP contribution in [0, 0.1) is 6.92 Å². The molecule has 1 aliphatic rings. The predicted octanol–water partition coefficient (Wildman–Crippen LogP) is 5.20. The Hall–Kier alpha value is -3.32. The van der Waals surface area contributed by atoms with Crippen LogP contribution in [0.2, 0.25) is 0 Å². The Morgan fingerprint density at radius 1 is 1.13 bits per heavy atom. The molecule has 3 heterocycles. The molecule has 1 amide bonds. The van der Waals surface area contributed by atoms with Gasteiger partial charge < -0.3 is 8.83 Å². The van der Waals surface area contributed by atoms with E-state index in [9.17, 15) is 4.79 Å². The summed E-state index contributed by atoms with van der Waals surface area (Å²) in [4.78, 5) is 17.5. The molecule has 0 radical (unpaired) electrons. The lowest BCUT2D eigenvalue weighted by Crippen LogP contribution is -2.28. The van der Waals surface area contributed by atoms with Crippen molar-refractivity contribution in [3.8, 4) is 0 Å². The number of amides is 1. The van der Waals surface area contributed by atoms with Gasteiger partial charge in [0.15, 0.2) is 5.58 Å². The third-order valence-electron chi connectivity index (χ3n) is 5.02. The molecule has 1 atom stereocenters. The highest BCUT2D eigenvalue weighted by molar-refractivity contribution is 7.99. The number of benzene rings is 2. The van der Waals surface area contributed by atoms with E-state index >= 15 is 0 Å². The highest BCUT2D eigenvalue weighted by Crippen LogP contribution is 2.34. The van der Waals surface area contributed by atoms with E-state index < -0.39 is 0 Å². The summed E-state index contributed by atoms with van der Waals surface area (Å²) in [5.74, 6) is 0.779. The van der Waals surface area contributed by atoms with Gasteiger partial charge in [-0.15, -0.1) is 0 Å². The van der Waals surface area contributed by atoms with Crippen LogP contribution in [0.4, 0.5) is 0 Å². The second-order valence-electron chi connectivity index (χ2n) is 7.12. The van der Waals surface area contributed by atoms with Crippen molar-refractivity contribution in [3.63, 3.8) is 0 Å². The van der Waals surface area contributed by atoms with E-state index in [-0.39, 0.29) is 17.7 Å². The van der Waals surface area contributed by atoms with Crippen LogP contribution in [0.15, 0.2) is 86.1 Å². The third-order valence-corrected chi connectivity index (χ3v) is 5.83. The molecule has 6 nitrogen and oxygen atoms in total. The van der Waals surface area contributed by atoms with Crippen molar-refractivity contribution < 1.29 is 13.6 Å². The fraction of sp³-hybridized carbons (Fsp3) is 0.174. The number of furan rings is 1. The summed E-state index contributed by atoms with van der Waals surface area (Å²) in [5, 5.41) is 6.66. The summed E-state index contributed by atoms with van der Waals surface area (Å²) in [6.45, 7) is 2.05. The number of fused-ring (bicyclic) bond motifs is 1. The number of para-hydroxylation sites is 2. The maximum Gasteiger partial charge on any atom is 0.257 e. The summed E-state index contributed by atoms with van der Waals surface area (Å²) in [6, 6.07) is 19.2. The van der Waals surface area contributed by atoms with E-state index in [0.717, 1.165) is 22.6 Å². The summed E-state index contributed by atoms with van der Waals surface area (Å²) in [6.07, 6.45) is 2.23. The Kier molecular flexibility index (Phi) is 4.88. The Balaban J connectivity index is 1.37. The quantitative estimate of drug-likeness (QED) is 0.417. The van der Waals surface area contributed by atoms with Crippen LogP contribution in [0.1, 0.15) is 29.3 Å². The first-order chi connectivity index (χ1) is 14.7. The van der Waals surface area contributed by atoms with Crippen molar-refractivity contribution >= 4 is 34.5 Å². The molecule has 1 aliphatic heterocycles. The van der Waals surface area contributed by atoms with Gasteiger partial charge in [0, 0.05) is 6.42 Å². The number of thioether (sulfide) groups is 1. The maximum absolute atomic E-state index is 13.1. The fourth-order valence-electron chi connectivity index (χ4n) is 3.47. The number of hydrogen-bond donors (Lipinski definition) is 0. The van der Waals surface area contributed by atoms with Crippen molar-refractivity contribution in [1.82, 2.24) is 9.99 Å². The molecule has 0 saturated carbocycles. The zero-order valence-corrected chi connectivity index (χ0v) is 17.1. The first kappa shape index (κ1) is 18.7. The maximum atomic E-state index is 13.1. The van der Waals surface area contributed by atoms with Gasteiger partial charge in [0.2, 0.25) is 0 Å². The molecule has 0 saturated heterocycles. The Labute approximate surface area is 177 Å². The van der Waals surface area contributed by atoms with Crippen LogP contribution in [-0.4, -0.2) is 27.4 Å². The van der Waals surface area contributed by atoms with Gasteiger partial charge >= 0.3 is 0 Å². The van der Waals surface area contributed by atoms with Gasteiger partial charge in [-0.05, 0) is 36.8 Å². The van der Waals surface area contributed by atoms with Crippen molar-refractivity contribution in [1.29, 1.82) is 0 Å². The third kappa shape index (κ3) is 3.64. The molecule has 5 rings (SSSR count). The molecule has 0 aliphatic carbocycles. The molecule has 0 bridgehead atoms. The molecule has 0 fully saturated rings. The van der Waals surface area contributed by atoms with Gasteiger partial charge in [0.1, 0.15) is 17.3 Å². The lowest BCUT2D eigenvalue weighted by Gasteiger charge is -2.19. The first-order valence-electron chi connectivity index (χ1n) is 9.66. The number of hydrogen-bond acceptors (Lipinski definition) is 6. The minimum absolute atomic E-state index is 0.120. The highest BCUT2D eigenvalue weighted by Gasteiger charge is 2.34. The van der Waals surface area contributed by atoms with Crippen molar-refractivity contribution in [2.45, 2.75) is 24.6 Å². The zero-order valence-electron chi connectivity index (χ0n) is 16.3. The largest absolute Gasteiger partial charge is 0.467 e. The van der Waals surface area contributed by atoms with Crippen molar-refractivity contribution in [2.75, 3.05) is 5.75 Å². The average molecular weight is 417 g/mol. The van der Waals surface area contributed by atoms with Gasteiger partial charge in [0.25, 0.3) is 11.1 Å². The normalized spacial score (nSPS) is 16.2. The van der Waals surface area contributed by atoms with Crippen molar-refractivity contribution in [3.05, 3.63) is 83.8 Å². The van der Waals surface area contributed by atoms with E-state index in [1.54, 1.807) is 6.26 Å². The number of aryl methyl sites for hydroxylation is 1. The summed E-state index contributed by atoms with van der Waals surface area (Å²) in [7, 11) is 0. The van der Waals surface area contributed by atoms with E-state index in [0.29, 0.717) is 17.2 Å². The molecular formula is C23H19N3O3S. The Bertz CT molecular complexity index is 1180. The summed E-state index contributed by atoms with van der Waals surface area (Å²) in [5.41, 5.74) is 4.56. The SMILES string of the molecule is Cc1ccc(C2=NN(C(=O)CSc3nc4ccccc4o3)[C@H](c3ccco3)C2)cc1. The van der Waals surface area contributed by atoms with E-state index in [4.69, 9.17) is 8.83 Å². The molecule has 0 unspecified atom stereocenters. The van der Waals surface area contributed by atoms with E-state index in [1.165, 1.54) is 22.3 Å². The number of carbonyl (C=O) groups excluding carboxylic acids is 1. The van der Waals surface area contributed by atoms with Gasteiger partial charge in [-0.25, -0.2) is 9.99 Å². The number of carbonyl (C=O) groups is 1. The molecule has 0 N–H and O–H groups in total. The summed E-state index contributed by atoms with van der Waals surface area (Å²) < 4.78 is 11.3. The Morgan fingerprint density at radius 3 is 2.73 bits per heavy atom. The monoisotopic (exact) mass is 417 g/mol. The minimum Gasteiger partial charge on any atom is -0.467 e. The average Bonchev–Trinajstić information content (AvgIpc) is 3.51. The zero-order chi connectivity index (χ0) is 20.5.